The Hall–Kier alpha value is -1.35. The molecule has 0 aliphatic carbocycles. The number of hydrogen-bond donors (Lipinski definition) is 1. The second-order valence-corrected chi connectivity index (χ2v) is 3.31. The van der Waals surface area contributed by atoms with E-state index in [9.17, 15) is 0 Å². The number of ether oxygens (including phenoxy) is 1. The van der Waals surface area contributed by atoms with Crippen molar-refractivity contribution in [3.8, 4) is 0 Å². The van der Waals surface area contributed by atoms with Crippen LogP contribution in [0.3, 0.4) is 0 Å². The van der Waals surface area contributed by atoms with Crippen molar-refractivity contribution in [3.05, 3.63) is 36.7 Å². The molecule has 0 unspecified atom stereocenters. The van der Waals surface area contributed by atoms with Crippen molar-refractivity contribution >= 4 is 5.69 Å². The molecule has 0 saturated heterocycles. The summed E-state index contributed by atoms with van der Waals surface area (Å²) in [5.41, 5.74) is 2.28. The topological polar surface area (TPSA) is 34.1 Å². The fourth-order valence-electron chi connectivity index (χ4n) is 1.20. The van der Waals surface area contributed by atoms with E-state index in [-0.39, 0.29) is 0 Å². The summed E-state index contributed by atoms with van der Waals surface area (Å²) >= 11 is 0. The van der Waals surface area contributed by atoms with E-state index < -0.39 is 0 Å². The molecule has 0 radical (unpaired) electrons. The summed E-state index contributed by atoms with van der Waals surface area (Å²) in [5.74, 6) is 0. The van der Waals surface area contributed by atoms with E-state index in [0.29, 0.717) is 0 Å². The Morgan fingerprint density at radius 3 is 3.13 bits per heavy atom. The molecule has 15 heavy (non-hydrogen) atoms. The molecular weight excluding hydrogens is 188 g/mol. The van der Waals surface area contributed by atoms with E-state index in [0.717, 1.165) is 37.4 Å². The molecule has 0 fully saturated rings. The summed E-state index contributed by atoms with van der Waals surface area (Å²) in [4.78, 5) is 4.03. The van der Waals surface area contributed by atoms with Crippen molar-refractivity contribution in [3.63, 3.8) is 0 Å². The summed E-state index contributed by atoms with van der Waals surface area (Å²) < 4.78 is 5.39. The minimum atomic E-state index is 0.718. The van der Waals surface area contributed by atoms with Gasteiger partial charge in [0.25, 0.3) is 0 Å². The first-order valence-corrected chi connectivity index (χ1v) is 5.17. The van der Waals surface area contributed by atoms with Crippen LogP contribution < -0.4 is 5.32 Å². The maximum absolute atomic E-state index is 5.39. The number of aromatic nitrogens is 1. The zero-order valence-electron chi connectivity index (χ0n) is 9.20. The van der Waals surface area contributed by atoms with Gasteiger partial charge in [0, 0.05) is 24.6 Å². The van der Waals surface area contributed by atoms with Crippen molar-refractivity contribution < 1.29 is 4.74 Å². The molecule has 0 atom stereocenters. The van der Waals surface area contributed by atoms with Gasteiger partial charge in [-0.1, -0.05) is 6.08 Å². The van der Waals surface area contributed by atoms with E-state index >= 15 is 0 Å². The van der Waals surface area contributed by atoms with Gasteiger partial charge in [-0.05, 0) is 25.0 Å². The third kappa shape index (κ3) is 4.61. The highest BCUT2D eigenvalue weighted by Crippen LogP contribution is 2.10. The number of aryl methyl sites for hydroxylation is 1. The minimum absolute atomic E-state index is 0.718. The molecule has 1 rings (SSSR count). The van der Waals surface area contributed by atoms with Gasteiger partial charge in [0.2, 0.25) is 0 Å². The highest BCUT2D eigenvalue weighted by atomic mass is 16.5. The van der Waals surface area contributed by atoms with Gasteiger partial charge in [-0.2, -0.15) is 0 Å². The molecule has 0 saturated carbocycles. The lowest BCUT2D eigenvalue weighted by Crippen LogP contribution is -2.10. The summed E-state index contributed by atoms with van der Waals surface area (Å²) in [6.45, 7) is 7.96. The fraction of sp³-hybridized carbons (Fsp3) is 0.417. The Labute approximate surface area is 91.2 Å². The van der Waals surface area contributed by atoms with Crippen molar-refractivity contribution in [1.29, 1.82) is 0 Å². The first kappa shape index (κ1) is 11.7. The Morgan fingerprint density at radius 1 is 1.53 bits per heavy atom. The van der Waals surface area contributed by atoms with Crippen LogP contribution in [0.15, 0.2) is 31.1 Å². The zero-order chi connectivity index (χ0) is 10.9. The lowest BCUT2D eigenvalue weighted by atomic mass is 10.2. The normalized spacial score (nSPS) is 9.93. The van der Waals surface area contributed by atoms with Crippen molar-refractivity contribution in [1.82, 2.24) is 4.98 Å². The van der Waals surface area contributed by atoms with Gasteiger partial charge in [-0.15, -0.1) is 6.58 Å². The van der Waals surface area contributed by atoms with Crippen LogP contribution in [0.5, 0.6) is 0 Å². The SMILES string of the molecule is C=CCCOCCNc1ccncc1C. The maximum atomic E-state index is 5.39. The van der Waals surface area contributed by atoms with Gasteiger partial charge in [-0.3, -0.25) is 4.98 Å². The van der Waals surface area contributed by atoms with E-state index in [4.69, 9.17) is 4.74 Å². The first-order chi connectivity index (χ1) is 7.34. The number of rotatable bonds is 7. The molecule has 0 spiro atoms. The lowest BCUT2D eigenvalue weighted by Gasteiger charge is -2.08. The molecule has 0 aromatic carbocycles. The number of nitrogens with zero attached hydrogens (tertiary/aromatic N) is 1. The van der Waals surface area contributed by atoms with Crippen molar-refractivity contribution in [2.45, 2.75) is 13.3 Å². The van der Waals surface area contributed by atoms with E-state index in [2.05, 4.69) is 16.9 Å². The molecule has 82 valence electrons. The molecular formula is C12H18N2O. The van der Waals surface area contributed by atoms with Crippen molar-refractivity contribution in [2.75, 3.05) is 25.1 Å². The summed E-state index contributed by atoms with van der Waals surface area (Å²) in [7, 11) is 0. The number of pyridine rings is 1. The molecule has 1 heterocycles. The molecule has 1 aromatic rings. The van der Waals surface area contributed by atoms with Gasteiger partial charge in [0.05, 0.1) is 13.2 Å². The summed E-state index contributed by atoms with van der Waals surface area (Å²) in [6.07, 6.45) is 6.41. The van der Waals surface area contributed by atoms with Crippen LogP contribution in [0.25, 0.3) is 0 Å². The second kappa shape index (κ2) is 7.01. The monoisotopic (exact) mass is 206 g/mol. The quantitative estimate of drug-likeness (QED) is 0.549. The predicted molar refractivity (Wildman–Crippen MR) is 63.1 cm³/mol. The highest BCUT2D eigenvalue weighted by molar-refractivity contribution is 5.48. The van der Waals surface area contributed by atoms with Crippen LogP contribution in [0.4, 0.5) is 5.69 Å². The molecule has 1 aromatic heterocycles. The van der Waals surface area contributed by atoms with Gasteiger partial charge in [0.1, 0.15) is 0 Å². The van der Waals surface area contributed by atoms with Crippen LogP contribution >= 0.6 is 0 Å². The third-order valence-corrected chi connectivity index (χ3v) is 2.05. The summed E-state index contributed by atoms with van der Waals surface area (Å²) in [5, 5.41) is 3.30. The Morgan fingerprint density at radius 2 is 2.40 bits per heavy atom. The van der Waals surface area contributed by atoms with E-state index in [1.165, 1.54) is 0 Å². The smallest absolute Gasteiger partial charge is 0.0639 e. The van der Waals surface area contributed by atoms with Gasteiger partial charge < -0.3 is 10.1 Å². The average molecular weight is 206 g/mol. The number of anilines is 1. The zero-order valence-corrected chi connectivity index (χ0v) is 9.20. The van der Waals surface area contributed by atoms with Crippen LogP contribution in [0, 0.1) is 6.92 Å². The molecule has 0 aliphatic heterocycles. The van der Waals surface area contributed by atoms with Crippen LogP contribution in [-0.4, -0.2) is 24.7 Å². The predicted octanol–water partition coefficient (Wildman–Crippen LogP) is 2.39. The lowest BCUT2D eigenvalue weighted by molar-refractivity contribution is 0.149. The Balaban J connectivity index is 2.15. The third-order valence-electron chi connectivity index (χ3n) is 2.05. The molecule has 0 aliphatic rings. The van der Waals surface area contributed by atoms with E-state index in [1.807, 2.05) is 25.3 Å². The number of hydrogen-bond acceptors (Lipinski definition) is 3. The van der Waals surface area contributed by atoms with Gasteiger partial charge in [0.15, 0.2) is 0 Å². The molecule has 3 heteroatoms. The first-order valence-electron chi connectivity index (χ1n) is 5.17. The summed E-state index contributed by atoms with van der Waals surface area (Å²) in [6, 6.07) is 1.97. The fourth-order valence-corrected chi connectivity index (χ4v) is 1.20. The number of nitrogens with one attached hydrogen (secondary N) is 1. The Kier molecular flexibility index (Phi) is 5.48. The van der Waals surface area contributed by atoms with Crippen LogP contribution in [0.1, 0.15) is 12.0 Å². The standard InChI is InChI=1S/C12H18N2O/c1-3-4-8-15-9-7-14-12-5-6-13-10-11(12)2/h3,5-6,10H,1,4,7-9H2,2H3,(H,13,14). The van der Waals surface area contributed by atoms with Gasteiger partial charge in [-0.25, -0.2) is 0 Å². The molecule has 0 bridgehead atoms. The maximum Gasteiger partial charge on any atom is 0.0639 e. The molecule has 1 N–H and O–H groups in total. The van der Waals surface area contributed by atoms with Crippen molar-refractivity contribution in [2.24, 2.45) is 0 Å². The average Bonchev–Trinajstić information content (AvgIpc) is 2.25. The van der Waals surface area contributed by atoms with Crippen LogP contribution in [0.2, 0.25) is 0 Å². The second-order valence-electron chi connectivity index (χ2n) is 3.31. The Bertz CT molecular complexity index is 299. The van der Waals surface area contributed by atoms with Gasteiger partial charge >= 0.3 is 0 Å². The van der Waals surface area contributed by atoms with E-state index in [1.54, 1.807) is 6.20 Å². The van der Waals surface area contributed by atoms with Crippen LogP contribution in [-0.2, 0) is 4.74 Å². The highest BCUT2D eigenvalue weighted by Gasteiger charge is 1.95. The minimum Gasteiger partial charge on any atom is -0.382 e. The largest absolute Gasteiger partial charge is 0.382 e. The molecule has 3 nitrogen and oxygen atoms in total. The molecule has 0 amide bonds.